The van der Waals surface area contributed by atoms with Crippen LogP contribution in [-0.4, -0.2) is 53.4 Å². The Bertz CT molecular complexity index is 583. The molecule has 0 aliphatic carbocycles. The fourth-order valence-electron chi connectivity index (χ4n) is 2.60. The summed E-state index contributed by atoms with van der Waals surface area (Å²) in [6.45, 7) is 1.84. The lowest BCUT2D eigenvalue weighted by molar-refractivity contribution is -0.133. The summed E-state index contributed by atoms with van der Waals surface area (Å²) in [6, 6.07) is 7.48. The van der Waals surface area contributed by atoms with Crippen LogP contribution in [0.3, 0.4) is 0 Å². The fourth-order valence-corrected chi connectivity index (χ4v) is 2.60. The van der Waals surface area contributed by atoms with Crippen molar-refractivity contribution in [1.82, 2.24) is 4.90 Å². The molecular formula is C15H17NO5. The molecule has 1 aromatic carbocycles. The SMILES string of the molecule is O=C(O)C1=C(O)CCN(CC2COc3ccccc3O2)C1. The number of aliphatic hydroxyl groups excluding tert-OH is 1. The normalized spacial score (nSPS) is 22.2. The number of rotatable bonds is 3. The Morgan fingerprint density at radius 2 is 2.10 bits per heavy atom. The Morgan fingerprint density at radius 1 is 1.33 bits per heavy atom. The number of hydrogen-bond donors (Lipinski definition) is 2. The molecule has 2 heterocycles. The Hall–Kier alpha value is -2.21. The third-order valence-electron chi connectivity index (χ3n) is 3.68. The summed E-state index contributed by atoms with van der Waals surface area (Å²) < 4.78 is 11.5. The third kappa shape index (κ3) is 2.95. The maximum atomic E-state index is 11.1. The van der Waals surface area contributed by atoms with Crippen molar-refractivity contribution in [3.63, 3.8) is 0 Å². The molecule has 1 aromatic rings. The van der Waals surface area contributed by atoms with E-state index in [1.165, 1.54) is 0 Å². The van der Waals surface area contributed by atoms with Gasteiger partial charge in [0.05, 0.1) is 5.57 Å². The molecule has 0 saturated heterocycles. The van der Waals surface area contributed by atoms with E-state index in [1.54, 1.807) is 0 Å². The summed E-state index contributed by atoms with van der Waals surface area (Å²) in [5.74, 6) is 0.354. The maximum Gasteiger partial charge on any atom is 0.336 e. The molecule has 0 saturated carbocycles. The molecular weight excluding hydrogens is 274 g/mol. The average Bonchev–Trinajstić information content (AvgIpc) is 2.49. The van der Waals surface area contributed by atoms with E-state index < -0.39 is 5.97 Å². The Kier molecular flexibility index (Phi) is 3.70. The first-order chi connectivity index (χ1) is 10.1. The first-order valence-electron chi connectivity index (χ1n) is 6.88. The molecule has 6 nitrogen and oxygen atoms in total. The van der Waals surface area contributed by atoms with Crippen LogP contribution in [0.5, 0.6) is 11.5 Å². The Morgan fingerprint density at radius 3 is 2.86 bits per heavy atom. The first-order valence-corrected chi connectivity index (χ1v) is 6.88. The highest BCUT2D eigenvalue weighted by atomic mass is 16.6. The van der Waals surface area contributed by atoms with Gasteiger partial charge in [-0.3, -0.25) is 4.90 Å². The number of nitrogens with zero attached hydrogens (tertiary/aromatic N) is 1. The number of fused-ring (bicyclic) bond motifs is 1. The van der Waals surface area contributed by atoms with Crippen LogP contribution in [0.15, 0.2) is 35.6 Å². The average molecular weight is 291 g/mol. The molecule has 0 aromatic heterocycles. The molecule has 0 radical (unpaired) electrons. The van der Waals surface area contributed by atoms with Crippen molar-refractivity contribution in [3.05, 3.63) is 35.6 Å². The van der Waals surface area contributed by atoms with Gasteiger partial charge in [-0.25, -0.2) is 4.79 Å². The van der Waals surface area contributed by atoms with Gasteiger partial charge in [-0.05, 0) is 12.1 Å². The van der Waals surface area contributed by atoms with Gasteiger partial charge in [0, 0.05) is 26.1 Å². The standard InChI is InChI=1S/C15H17NO5/c17-12-5-6-16(8-11(12)15(18)19)7-10-9-20-13-3-1-2-4-14(13)21-10/h1-4,10,17H,5-9H2,(H,18,19). The van der Waals surface area contributed by atoms with Crippen molar-refractivity contribution in [2.24, 2.45) is 0 Å². The number of para-hydroxylation sites is 2. The minimum absolute atomic E-state index is 0.0232. The number of benzene rings is 1. The first kappa shape index (κ1) is 13.8. The molecule has 0 fully saturated rings. The highest BCUT2D eigenvalue weighted by Gasteiger charge is 2.28. The van der Waals surface area contributed by atoms with Gasteiger partial charge in [0.15, 0.2) is 11.5 Å². The highest BCUT2D eigenvalue weighted by molar-refractivity contribution is 5.87. The molecule has 21 heavy (non-hydrogen) atoms. The molecule has 6 heteroatoms. The van der Waals surface area contributed by atoms with E-state index in [0.717, 1.165) is 5.75 Å². The summed E-state index contributed by atoms with van der Waals surface area (Å²) in [6.07, 6.45) is 0.210. The molecule has 0 bridgehead atoms. The second-order valence-corrected chi connectivity index (χ2v) is 5.21. The molecule has 1 atom stereocenters. The summed E-state index contributed by atoms with van der Waals surface area (Å²) in [4.78, 5) is 13.0. The van der Waals surface area contributed by atoms with E-state index in [-0.39, 0.29) is 24.0 Å². The van der Waals surface area contributed by atoms with Gasteiger partial charge in [-0.15, -0.1) is 0 Å². The zero-order valence-corrected chi connectivity index (χ0v) is 11.5. The summed E-state index contributed by atoms with van der Waals surface area (Å²) in [5, 5.41) is 18.7. The molecule has 2 N–H and O–H groups in total. The van der Waals surface area contributed by atoms with Crippen LogP contribution in [0.1, 0.15) is 6.42 Å². The summed E-state index contributed by atoms with van der Waals surface area (Å²) >= 11 is 0. The second-order valence-electron chi connectivity index (χ2n) is 5.21. The second kappa shape index (κ2) is 5.65. The Labute approximate surface area is 122 Å². The largest absolute Gasteiger partial charge is 0.512 e. The monoisotopic (exact) mass is 291 g/mol. The van der Waals surface area contributed by atoms with Gasteiger partial charge >= 0.3 is 5.97 Å². The third-order valence-corrected chi connectivity index (χ3v) is 3.68. The minimum Gasteiger partial charge on any atom is -0.512 e. The number of carboxylic acids is 1. The van der Waals surface area contributed by atoms with Crippen LogP contribution in [0.25, 0.3) is 0 Å². The van der Waals surface area contributed by atoms with Crippen molar-refractivity contribution in [2.75, 3.05) is 26.2 Å². The van der Waals surface area contributed by atoms with Gasteiger partial charge in [0.25, 0.3) is 0 Å². The van der Waals surface area contributed by atoms with Crippen molar-refractivity contribution < 1.29 is 24.5 Å². The number of aliphatic hydroxyl groups is 1. The Balaban J connectivity index is 1.63. The highest BCUT2D eigenvalue weighted by Crippen LogP contribution is 2.31. The lowest BCUT2D eigenvalue weighted by Gasteiger charge is -2.33. The number of carboxylic acid groups (broad SMARTS) is 1. The predicted molar refractivity (Wildman–Crippen MR) is 74.7 cm³/mol. The molecule has 0 amide bonds. The van der Waals surface area contributed by atoms with Gasteiger partial charge < -0.3 is 19.7 Å². The number of carbonyl (C=O) groups is 1. The molecule has 3 rings (SSSR count). The lowest BCUT2D eigenvalue weighted by atomic mass is 10.1. The number of ether oxygens (including phenoxy) is 2. The summed E-state index contributed by atoms with van der Waals surface area (Å²) in [7, 11) is 0. The zero-order valence-electron chi connectivity index (χ0n) is 11.5. The molecule has 1 unspecified atom stereocenters. The smallest absolute Gasteiger partial charge is 0.336 e. The van der Waals surface area contributed by atoms with E-state index in [0.29, 0.717) is 31.9 Å². The van der Waals surface area contributed by atoms with Crippen molar-refractivity contribution in [3.8, 4) is 11.5 Å². The van der Waals surface area contributed by atoms with Gasteiger partial charge in [-0.2, -0.15) is 0 Å². The van der Waals surface area contributed by atoms with Gasteiger partial charge in [0.2, 0.25) is 0 Å². The molecule has 112 valence electrons. The van der Waals surface area contributed by atoms with Gasteiger partial charge in [-0.1, -0.05) is 12.1 Å². The quantitative estimate of drug-likeness (QED) is 0.877. The fraction of sp³-hybridized carbons (Fsp3) is 0.400. The van der Waals surface area contributed by atoms with Crippen LogP contribution >= 0.6 is 0 Å². The zero-order chi connectivity index (χ0) is 14.8. The number of aliphatic carboxylic acids is 1. The topological polar surface area (TPSA) is 79.2 Å². The van der Waals surface area contributed by atoms with Crippen LogP contribution in [0, 0.1) is 0 Å². The van der Waals surface area contributed by atoms with Crippen LogP contribution < -0.4 is 9.47 Å². The lowest BCUT2D eigenvalue weighted by Crippen LogP contribution is -2.44. The molecule has 0 spiro atoms. The van der Waals surface area contributed by atoms with E-state index in [1.807, 2.05) is 29.2 Å². The minimum atomic E-state index is -1.07. The van der Waals surface area contributed by atoms with Crippen molar-refractivity contribution in [1.29, 1.82) is 0 Å². The van der Waals surface area contributed by atoms with Gasteiger partial charge in [0.1, 0.15) is 18.5 Å². The molecule has 2 aliphatic heterocycles. The van der Waals surface area contributed by atoms with Crippen LogP contribution in [-0.2, 0) is 4.79 Å². The summed E-state index contributed by atoms with van der Waals surface area (Å²) in [5.41, 5.74) is 0.0679. The predicted octanol–water partition coefficient (Wildman–Crippen LogP) is 1.43. The van der Waals surface area contributed by atoms with Crippen molar-refractivity contribution in [2.45, 2.75) is 12.5 Å². The van der Waals surface area contributed by atoms with E-state index in [4.69, 9.17) is 14.6 Å². The van der Waals surface area contributed by atoms with Crippen molar-refractivity contribution >= 4 is 5.97 Å². The number of hydrogen-bond acceptors (Lipinski definition) is 5. The molecule has 2 aliphatic rings. The van der Waals surface area contributed by atoms with E-state index >= 15 is 0 Å². The maximum absolute atomic E-state index is 11.1. The van der Waals surface area contributed by atoms with E-state index in [9.17, 15) is 9.90 Å². The van der Waals surface area contributed by atoms with E-state index in [2.05, 4.69) is 0 Å². The van der Waals surface area contributed by atoms with Crippen LogP contribution in [0.4, 0.5) is 0 Å². The van der Waals surface area contributed by atoms with Crippen LogP contribution in [0.2, 0.25) is 0 Å².